The number of thioether (sulfide) groups is 1. The lowest BCUT2D eigenvalue weighted by Gasteiger charge is -2.18. The molecule has 0 spiro atoms. The summed E-state index contributed by atoms with van der Waals surface area (Å²) in [5.74, 6) is -2.19. The molecule has 0 bridgehead atoms. The SMILES string of the molecule is CC(C)OC[C@H](CO)Oc1cc(NS(=O)(=O)c2cn(C)cn2)nc(SCc2cccc(F)c2F)n1. The zero-order chi connectivity index (χ0) is 25.6. The first-order valence-electron chi connectivity index (χ1n) is 10.4. The number of hydrogen-bond donors (Lipinski definition) is 2. The first-order valence-corrected chi connectivity index (χ1v) is 12.9. The Hall–Kier alpha value is -2.81. The zero-order valence-electron chi connectivity index (χ0n) is 19.2. The Kier molecular flexibility index (Phi) is 8.99. The molecule has 1 aromatic carbocycles. The lowest BCUT2D eigenvalue weighted by molar-refractivity contribution is -0.00714. The van der Waals surface area contributed by atoms with Gasteiger partial charge in [-0.3, -0.25) is 4.72 Å². The average Bonchev–Trinajstić information content (AvgIpc) is 3.24. The number of nitrogens with zero attached hydrogens (tertiary/aromatic N) is 4. The number of benzene rings is 1. The van der Waals surface area contributed by atoms with Gasteiger partial charge in [-0.25, -0.2) is 18.7 Å². The van der Waals surface area contributed by atoms with E-state index in [-0.39, 0.29) is 52.5 Å². The summed E-state index contributed by atoms with van der Waals surface area (Å²) in [5.41, 5.74) is 0.0825. The summed E-state index contributed by atoms with van der Waals surface area (Å²) in [6, 6.07) is 5.04. The van der Waals surface area contributed by atoms with E-state index in [4.69, 9.17) is 9.47 Å². The first kappa shape index (κ1) is 26.8. The molecular formula is C21H25F2N5O5S2. The molecule has 0 aliphatic carbocycles. The Labute approximate surface area is 205 Å². The van der Waals surface area contributed by atoms with Gasteiger partial charge in [-0.1, -0.05) is 23.9 Å². The molecule has 2 N–H and O–H groups in total. The number of rotatable bonds is 12. The quantitative estimate of drug-likeness (QED) is 0.269. The summed E-state index contributed by atoms with van der Waals surface area (Å²) >= 11 is 0.946. The molecule has 2 aromatic heterocycles. The lowest BCUT2D eigenvalue weighted by Crippen LogP contribution is -2.29. The van der Waals surface area contributed by atoms with Crippen LogP contribution in [0.2, 0.25) is 0 Å². The second kappa shape index (κ2) is 11.7. The Morgan fingerprint density at radius 3 is 2.69 bits per heavy atom. The van der Waals surface area contributed by atoms with Crippen LogP contribution in [-0.4, -0.2) is 58.5 Å². The highest BCUT2D eigenvalue weighted by Gasteiger charge is 2.21. The van der Waals surface area contributed by atoms with Crippen LogP contribution in [0.3, 0.4) is 0 Å². The van der Waals surface area contributed by atoms with Gasteiger partial charge in [-0.2, -0.15) is 13.4 Å². The number of aromatic nitrogens is 4. The molecule has 3 rings (SSSR count). The number of aryl methyl sites for hydroxylation is 1. The number of anilines is 1. The van der Waals surface area contributed by atoms with Gasteiger partial charge in [-0.05, 0) is 19.9 Å². The largest absolute Gasteiger partial charge is 0.469 e. The second-order valence-electron chi connectivity index (χ2n) is 7.66. The highest BCUT2D eigenvalue weighted by atomic mass is 32.2. The Morgan fingerprint density at radius 2 is 2.03 bits per heavy atom. The van der Waals surface area contributed by atoms with Crippen molar-refractivity contribution in [1.82, 2.24) is 19.5 Å². The van der Waals surface area contributed by atoms with E-state index in [9.17, 15) is 22.3 Å². The molecule has 10 nitrogen and oxygen atoms in total. The molecule has 0 unspecified atom stereocenters. The Balaban J connectivity index is 1.87. The highest BCUT2D eigenvalue weighted by Crippen LogP contribution is 2.27. The number of imidazole rings is 1. The standard InChI is InChI=1S/C21H25F2N5O5S2/c1-13(2)32-10-15(9-29)33-18-7-17(27-35(30,31)19-8-28(3)12-24-19)25-21(26-18)34-11-14-5-4-6-16(22)20(14)23/h4-8,12-13,15,29H,9-11H2,1-3H3,(H,25,26,27)/t15-/m0/s1. The molecule has 0 aliphatic heterocycles. The van der Waals surface area contributed by atoms with Crippen molar-refractivity contribution in [1.29, 1.82) is 0 Å². The van der Waals surface area contributed by atoms with E-state index in [0.717, 1.165) is 17.8 Å². The first-order chi connectivity index (χ1) is 16.6. The number of halogens is 2. The van der Waals surface area contributed by atoms with Gasteiger partial charge in [0.2, 0.25) is 5.88 Å². The average molecular weight is 530 g/mol. The Morgan fingerprint density at radius 1 is 1.26 bits per heavy atom. The van der Waals surface area contributed by atoms with Crippen LogP contribution >= 0.6 is 11.8 Å². The van der Waals surface area contributed by atoms with E-state index < -0.39 is 27.8 Å². The Bertz CT molecular complexity index is 1260. The van der Waals surface area contributed by atoms with Gasteiger partial charge in [0.15, 0.2) is 21.8 Å². The summed E-state index contributed by atoms with van der Waals surface area (Å²) < 4.78 is 67.9. The van der Waals surface area contributed by atoms with E-state index in [1.54, 1.807) is 7.05 Å². The monoisotopic (exact) mass is 529 g/mol. The maximum atomic E-state index is 14.0. The third kappa shape index (κ3) is 7.59. The van der Waals surface area contributed by atoms with Crippen molar-refractivity contribution in [2.24, 2.45) is 7.05 Å². The van der Waals surface area contributed by atoms with Gasteiger partial charge >= 0.3 is 0 Å². The minimum Gasteiger partial charge on any atom is -0.469 e. The predicted molar refractivity (Wildman–Crippen MR) is 125 cm³/mol. The minimum atomic E-state index is -4.08. The predicted octanol–water partition coefficient (Wildman–Crippen LogP) is 2.75. The smallest absolute Gasteiger partial charge is 0.282 e. The molecule has 14 heteroatoms. The van der Waals surface area contributed by atoms with E-state index >= 15 is 0 Å². The molecule has 0 fully saturated rings. The number of sulfonamides is 1. The van der Waals surface area contributed by atoms with Gasteiger partial charge < -0.3 is 19.1 Å². The topological polar surface area (TPSA) is 128 Å². The van der Waals surface area contributed by atoms with Crippen LogP contribution in [0.1, 0.15) is 19.4 Å². The molecule has 2 heterocycles. The maximum Gasteiger partial charge on any atom is 0.282 e. The summed E-state index contributed by atoms with van der Waals surface area (Å²) in [7, 11) is -2.46. The van der Waals surface area contributed by atoms with Crippen molar-refractivity contribution in [3.05, 3.63) is 54.0 Å². The van der Waals surface area contributed by atoms with Gasteiger partial charge in [0.1, 0.15) is 11.9 Å². The van der Waals surface area contributed by atoms with Crippen LogP contribution in [0.5, 0.6) is 5.88 Å². The van der Waals surface area contributed by atoms with E-state index in [1.165, 1.54) is 35.3 Å². The molecule has 35 heavy (non-hydrogen) atoms. The number of aliphatic hydroxyl groups is 1. The maximum absolute atomic E-state index is 14.0. The van der Waals surface area contributed by atoms with Crippen LogP contribution in [0.4, 0.5) is 14.6 Å². The fraction of sp³-hybridized carbons (Fsp3) is 0.381. The second-order valence-corrected chi connectivity index (χ2v) is 10.2. The third-order valence-electron chi connectivity index (χ3n) is 4.37. The van der Waals surface area contributed by atoms with Crippen LogP contribution in [0.25, 0.3) is 0 Å². The van der Waals surface area contributed by atoms with Gasteiger partial charge in [0.05, 0.1) is 25.6 Å². The van der Waals surface area contributed by atoms with Crippen LogP contribution in [0, 0.1) is 11.6 Å². The molecule has 1 atom stereocenters. The molecule has 0 amide bonds. The minimum absolute atomic E-state index is 0.0284. The number of hydrogen-bond acceptors (Lipinski definition) is 9. The van der Waals surface area contributed by atoms with Crippen LogP contribution < -0.4 is 9.46 Å². The molecule has 0 saturated carbocycles. The van der Waals surface area contributed by atoms with Crippen molar-refractivity contribution >= 4 is 27.6 Å². The molecule has 0 radical (unpaired) electrons. The van der Waals surface area contributed by atoms with Gasteiger partial charge in [-0.15, -0.1) is 0 Å². The molecule has 0 saturated heterocycles. The summed E-state index contributed by atoms with van der Waals surface area (Å²) in [5, 5.41) is 9.44. The van der Waals surface area contributed by atoms with Gasteiger partial charge in [0.25, 0.3) is 10.0 Å². The number of ether oxygens (including phenoxy) is 2. The summed E-state index contributed by atoms with van der Waals surface area (Å²) in [4.78, 5) is 12.2. The van der Waals surface area contributed by atoms with E-state index in [0.29, 0.717) is 0 Å². The number of nitrogens with one attached hydrogen (secondary N) is 1. The zero-order valence-corrected chi connectivity index (χ0v) is 20.8. The molecular weight excluding hydrogens is 504 g/mol. The molecule has 0 aliphatic rings. The van der Waals surface area contributed by atoms with Gasteiger partial charge in [0, 0.05) is 30.6 Å². The highest BCUT2D eigenvalue weighted by molar-refractivity contribution is 7.98. The van der Waals surface area contributed by atoms with Crippen LogP contribution in [0.15, 0.2) is 47.0 Å². The number of aliphatic hydroxyl groups excluding tert-OH is 1. The lowest BCUT2D eigenvalue weighted by atomic mass is 10.2. The van der Waals surface area contributed by atoms with E-state index in [2.05, 4.69) is 19.7 Å². The summed E-state index contributed by atoms with van der Waals surface area (Å²) in [6.07, 6.45) is 1.75. The van der Waals surface area contributed by atoms with Crippen molar-refractivity contribution in [3.8, 4) is 5.88 Å². The van der Waals surface area contributed by atoms with E-state index in [1.807, 2.05) is 13.8 Å². The molecule has 3 aromatic rings. The van der Waals surface area contributed by atoms with Crippen molar-refractivity contribution in [2.45, 2.75) is 42.0 Å². The van der Waals surface area contributed by atoms with Crippen molar-refractivity contribution in [2.75, 3.05) is 17.9 Å². The fourth-order valence-electron chi connectivity index (χ4n) is 2.70. The van der Waals surface area contributed by atoms with Crippen molar-refractivity contribution in [3.63, 3.8) is 0 Å². The normalized spacial score (nSPS) is 12.7. The molecule has 190 valence electrons. The van der Waals surface area contributed by atoms with Crippen molar-refractivity contribution < 1.29 is 31.8 Å². The summed E-state index contributed by atoms with van der Waals surface area (Å²) in [6.45, 7) is 3.32. The third-order valence-corrected chi connectivity index (χ3v) is 6.51. The van der Waals surface area contributed by atoms with Crippen LogP contribution in [-0.2, 0) is 27.6 Å². The fourth-order valence-corrected chi connectivity index (χ4v) is 4.50.